The minimum Gasteiger partial charge on any atom is -0.310 e. The van der Waals surface area contributed by atoms with Gasteiger partial charge in [-0.2, -0.15) is 0 Å². The van der Waals surface area contributed by atoms with E-state index < -0.39 is 0 Å². The molecule has 2 heterocycles. The second-order valence-corrected chi connectivity index (χ2v) is 6.74. The van der Waals surface area contributed by atoms with E-state index in [-0.39, 0.29) is 0 Å². The number of hydrogen-bond acceptors (Lipinski definition) is 3. The zero-order valence-corrected chi connectivity index (χ0v) is 13.2. The predicted molar refractivity (Wildman–Crippen MR) is 84.7 cm³/mol. The van der Waals surface area contributed by atoms with Crippen molar-refractivity contribution in [2.75, 3.05) is 13.1 Å². The van der Waals surface area contributed by atoms with Gasteiger partial charge in [-0.05, 0) is 44.2 Å². The maximum Gasteiger partial charge on any atom is 0.0300 e. The summed E-state index contributed by atoms with van der Waals surface area (Å²) in [5.41, 5.74) is 0. The zero-order valence-electron chi connectivity index (χ0n) is 12.4. The normalized spacial score (nSPS) is 23.2. The molecule has 2 rings (SSSR count). The molecule has 0 aliphatic carbocycles. The van der Waals surface area contributed by atoms with Crippen molar-refractivity contribution >= 4 is 11.3 Å². The molecule has 19 heavy (non-hydrogen) atoms. The molecule has 0 spiro atoms. The highest BCUT2D eigenvalue weighted by Gasteiger charge is 2.23. The minimum atomic E-state index is 0.656. The molecule has 2 unspecified atom stereocenters. The molecule has 1 aliphatic heterocycles. The third-order valence-electron chi connectivity index (χ3n) is 4.28. The molecule has 2 nitrogen and oxygen atoms in total. The summed E-state index contributed by atoms with van der Waals surface area (Å²) >= 11 is 1.84. The Labute approximate surface area is 122 Å². The maximum absolute atomic E-state index is 3.62. The van der Waals surface area contributed by atoms with Gasteiger partial charge in [0.05, 0.1) is 0 Å². The van der Waals surface area contributed by atoms with Crippen LogP contribution in [0.5, 0.6) is 0 Å². The number of nitrogens with one attached hydrogen (secondary N) is 1. The predicted octanol–water partition coefficient (Wildman–Crippen LogP) is 3.88. The molecule has 1 aliphatic rings. The van der Waals surface area contributed by atoms with Crippen LogP contribution in [0.3, 0.4) is 0 Å². The number of likely N-dealkylation sites (tertiary alicyclic amines) is 1. The van der Waals surface area contributed by atoms with E-state index in [0.717, 1.165) is 19.1 Å². The van der Waals surface area contributed by atoms with Crippen molar-refractivity contribution in [3.05, 3.63) is 22.4 Å². The molecule has 0 bridgehead atoms. The Kier molecular flexibility index (Phi) is 6.35. The molecule has 0 saturated carbocycles. The monoisotopic (exact) mass is 280 g/mol. The lowest BCUT2D eigenvalue weighted by Crippen LogP contribution is -2.45. The molecule has 2 atom stereocenters. The summed E-state index contributed by atoms with van der Waals surface area (Å²) < 4.78 is 0. The van der Waals surface area contributed by atoms with Gasteiger partial charge in [-0.1, -0.05) is 25.8 Å². The number of hydrogen-bond donors (Lipinski definition) is 1. The molecule has 0 radical (unpaired) electrons. The van der Waals surface area contributed by atoms with Crippen molar-refractivity contribution < 1.29 is 0 Å². The molecule has 1 aromatic rings. The Balaban J connectivity index is 1.78. The van der Waals surface area contributed by atoms with Gasteiger partial charge in [0.15, 0.2) is 0 Å². The highest BCUT2D eigenvalue weighted by atomic mass is 32.1. The summed E-state index contributed by atoms with van der Waals surface area (Å²) in [6, 6.07) is 5.81. The van der Waals surface area contributed by atoms with Crippen LogP contribution in [0.4, 0.5) is 0 Å². The second-order valence-electron chi connectivity index (χ2n) is 5.71. The topological polar surface area (TPSA) is 15.3 Å². The molecule has 3 heteroatoms. The SMILES string of the molecule is CCC1CCCCCN1C(C)CNCc1cccs1. The van der Waals surface area contributed by atoms with Gasteiger partial charge < -0.3 is 5.32 Å². The quantitative estimate of drug-likeness (QED) is 0.850. The van der Waals surface area contributed by atoms with Crippen LogP contribution in [0.25, 0.3) is 0 Å². The molecule has 108 valence electrons. The average molecular weight is 280 g/mol. The third-order valence-corrected chi connectivity index (χ3v) is 5.16. The smallest absolute Gasteiger partial charge is 0.0300 e. The van der Waals surface area contributed by atoms with Crippen molar-refractivity contribution in [1.29, 1.82) is 0 Å². The molecule has 1 aromatic heterocycles. The van der Waals surface area contributed by atoms with Gasteiger partial charge in [-0.15, -0.1) is 11.3 Å². The molecule has 0 aromatic carbocycles. The second kappa shape index (κ2) is 8.03. The summed E-state index contributed by atoms with van der Waals surface area (Å²) in [5.74, 6) is 0. The van der Waals surface area contributed by atoms with Crippen LogP contribution in [0.15, 0.2) is 17.5 Å². The lowest BCUT2D eigenvalue weighted by atomic mass is 10.1. The summed E-state index contributed by atoms with van der Waals surface area (Å²) in [5, 5.41) is 5.77. The largest absolute Gasteiger partial charge is 0.310 e. The van der Waals surface area contributed by atoms with Crippen molar-refractivity contribution in [2.45, 2.75) is 64.6 Å². The van der Waals surface area contributed by atoms with Gasteiger partial charge in [0.2, 0.25) is 0 Å². The van der Waals surface area contributed by atoms with Crippen molar-refractivity contribution in [3.8, 4) is 0 Å². The van der Waals surface area contributed by atoms with Gasteiger partial charge in [-0.25, -0.2) is 0 Å². The van der Waals surface area contributed by atoms with E-state index in [1.165, 1.54) is 43.5 Å². The van der Waals surface area contributed by atoms with Gasteiger partial charge in [0.1, 0.15) is 0 Å². The number of thiophene rings is 1. The van der Waals surface area contributed by atoms with Crippen LogP contribution >= 0.6 is 11.3 Å². The molecule has 0 amide bonds. The minimum absolute atomic E-state index is 0.656. The summed E-state index contributed by atoms with van der Waals surface area (Å²) in [4.78, 5) is 4.18. The van der Waals surface area contributed by atoms with Crippen LogP contribution in [0, 0.1) is 0 Å². The van der Waals surface area contributed by atoms with E-state index in [2.05, 4.69) is 41.6 Å². The van der Waals surface area contributed by atoms with Crippen molar-refractivity contribution in [3.63, 3.8) is 0 Å². The Morgan fingerprint density at radius 1 is 1.42 bits per heavy atom. The standard InChI is InChI=1S/C16H28N2S/c1-3-15-8-5-4-6-10-18(15)14(2)12-17-13-16-9-7-11-19-16/h7,9,11,14-15,17H,3-6,8,10,12-13H2,1-2H3. The van der Waals surface area contributed by atoms with E-state index in [1.54, 1.807) is 0 Å². The Morgan fingerprint density at radius 3 is 3.05 bits per heavy atom. The molecule has 1 fully saturated rings. The summed E-state index contributed by atoms with van der Waals surface area (Å²) in [7, 11) is 0. The Morgan fingerprint density at radius 2 is 2.32 bits per heavy atom. The average Bonchev–Trinajstić information content (AvgIpc) is 2.81. The van der Waals surface area contributed by atoms with E-state index in [9.17, 15) is 0 Å². The van der Waals surface area contributed by atoms with Crippen LogP contribution in [-0.4, -0.2) is 30.1 Å². The molecular weight excluding hydrogens is 252 g/mol. The maximum atomic E-state index is 3.62. The molecular formula is C16H28N2S. The van der Waals surface area contributed by atoms with Crippen molar-refractivity contribution in [1.82, 2.24) is 10.2 Å². The first-order valence-corrected chi connectivity index (χ1v) is 8.68. The van der Waals surface area contributed by atoms with E-state index in [0.29, 0.717) is 6.04 Å². The van der Waals surface area contributed by atoms with Crippen LogP contribution in [0.2, 0.25) is 0 Å². The highest BCUT2D eigenvalue weighted by Crippen LogP contribution is 2.21. The lowest BCUT2D eigenvalue weighted by molar-refractivity contribution is 0.140. The summed E-state index contributed by atoms with van der Waals surface area (Å²) in [6.07, 6.45) is 6.92. The van der Waals surface area contributed by atoms with Gasteiger partial charge >= 0.3 is 0 Å². The fraction of sp³-hybridized carbons (Fsp3) is 0.750. The fourth-order valence-electron chi connectivity index (χ4n) is 3.15. The van der Waals surface area contributed by atoms with E-state index in [4.69, 9.17) is 0 Å². The molecule has 1 saturated heterocycles. The van der Waals surface area contributed by atoms with Gasteiger partial charge in [0.25, 0.3) is 0 Å². The lowest BCUT2D eigenvalue weighted by Gasteiger charge is -2.35. The number of nitrogens with zero attached hydrogens (tertiary/aromatic N) is 1. The first-order valence-electron chi connectivity index (χ1n) is 7.80. The Bertz CT molecular complexity index is 337. The third kappa shape index (κ3) is 4.59. The van der Waals surface area contributed by atoms with Gasteiger partial charge in [0, 0.05) is 30.1 Å². The number of rotatable bonds is 6. The molecule has 1 N–H and O–H groups in total. The van der Waals surface area contributed by atoms with Crippen LogP contribution in [-0.2, 0) is 6.54 Å². The van der Waals surface area contributed by atoms with E-state index in [1.807, 2.05) is 11.3 Å². The van der Waals surface area contributed by atoms with Crippen LogP contribution in [0.1, 0.15) is 50.8 Å². The van der Waals surface area contributed by atoms with E-state index >= 15 is 0 Å². The summed E-state index contributed by atoms with van der Waals surface area (Å²) in [6.45, 7) is 8.14. The first-order chi connectivity index (χ1) is 9.31. The first kappa shape index (κ1) is 15.0. The Hall–Kier alpha value is -0.380. The van der Waals surface area contributed by atoms with Crippen molar-refractivity contribution in [2.24, 2.45) is 0 Å². The van der Waals surface area contributed by atoms with Crippen LogP contribution < -0.4 is 5.32 Å². The highest BCUT2D eigenvalue weighted by molar-refractivity contribution is 7.09. The zero-order chi connectivity index (χ0) is 13.5. The fourth-order valence-corrected chi connectivity index (χ4v) is 3.83. The van der Waals surface area contributed by atoms with Gasteiger partial charge in [-0.3, -0.25) is 4.90 Å².